The van der Waals surface area contributed by atoms with Crippen molar-refractivity contribution in [3.05, 3.63) is 81.9 Å². The quantitative estimate of drug-likeness (QED) is 0.326. The highest BCUT2D eigenvalue weighted by Crippen LogP contribution is 2.53. The molecule has 0 saturated carbocycles. The van der Waals surface area contributed by atoms with Crippen molar-refractivity contribution in [2.45, 2.75) is 50.2 Å². The van der Waals surface area contributed by atoms with Crippen molar-refractivity contribution in [2.75, 3.05) is 39.4 Å². The number of benzene rings is 3. The third-order valence-electron chi connectivity index (χ3n) is 9.36. The molecule has 0 aromatic heterocycles. The van der Waals surface area contributed by atoms with Gasteiger partial charge in [-0.1, -0.05) is 29.8 Å². The fraction of sp³-hybridized carbons (Fsp3) is 0.412. The average molecular weight is 715 g/mol. The number of aryl methyl sites for hydroxylation is 1. The molecule has 3 N–H and O–H groups in total. The Labute approximate surface area is 287 Å². The first-order valence-electron chi connectivity index (χ1n) is 16.1. The number of fused-ring (bicyclic) bond motifs is 2. The van der Waals surface area contributed by atoms with E-state index in [0.29, 0.717) is 60.5 Å². The number of alkyl halides is 1. The monoisotopic (exact) mass is 714 g/mol. The first-order chi connectivity index (χ1) is 23.3. The molecule has 12 nitrogen and oxygen atoms in total. The normalized spacial score (nSPS) is 22.3. The van der Waals surface area contributed by atoms with Crippen LogP contribution in [0.4, 0.5) is 4.39 Å². The first-order valence-corrected chi connectivity index (χ1v) is 18.1. The Bertz CT molecular complexity index is 1830. The maximum atomic E-state index is 14.5. The molecule has 4 amide bonds. The van der Waals surface area contributed by atoms with Crippen LogP contribution in [0.15, 0.2) is 54.6 Å². The lowest BCUT2D eigenvalue weighted by molar-refractivity contribution is -0.149. The number of carbonyl (C=O) groups excluding carboxylic acids is 4. The fourth-order valence-electron chi connectivity index (χ4n) is 6.92. The van der Waals surface area contributed by atoms with Crippen molar-refractivity contribution in [1.82, 2.24) is 20.0 Å². The minimum absolute atomic E-state index is 0.0705. The van der Waals surface area contributed by atoms with Crippen molar-refractivity contribution in [2.24, 2.45) is 0 Å². The molecule has 0 radical (unpaired) electrons. The van der Waals surface area contributed by atoms with Crippen LogP contribution in [-0.2, 0) is 18.9 Å². The molecular weight excluding hydrogens is 678 g/mol. The second-order valence-electron chi connectivity index (χ2n) is 12.8. The molecule has 3 aliphatic heterocycles. The minimum atomic E-state index is -5.05. The summed E-state index contributed by atoms with van der Waals surface area (Å²) < 4.78 is 31.4. The summed E-state index contributed by atoms with van der Waals surface area (Å²) in [5.41, 5.74) is 1.11. The molecule has 49 heavy (non-hydrogen) atoms. The van der Waals surface area contributed by atoms with Crippen molar-refractivity contribution in [3.8, 4) is 0 Å². The molecule has 3 heterocycles. The first kappa shape index (κ1) is 35.0. The van der Waals surface area contributed by atoms with Crippen molar-refractivity contribution >= 4 is 53.6 Å². The lowest BCUT2D eigenvalue weighted by Crippen LogP contribution is -2.61. The van der Waals surface area contributed by atoms with Gasteiger partial charge in [-0.05, 0) is 84.5 Å². The zero-order valence-electron chi connectivity index (χ0n) is 26.8. The highest BCUT2D eigenvalue weighted by Gasteiger charge is 2.47. The van der Waals surface area contributed by atoms with Crippen LogP contribution in [0.5, 0.6) is 0 Å². The van der Waals surface area contributed by atoms with Crippen molar-refractivity contribution in [1.29, 1.82) is 0 Å². The van der Waals surface area contributed by atoms with Gasteiger partial charge in [0.1, 0.15) is 12.1 Å². The second kappa shape index (κ2) is 14.2. The Morgan fingerprint density at radius 2 is 1.67 bits per heavy atom. The van der Waals surface area contributed by atoms with E-state index in [2.05, 4.69) is 5.32 Å². The summed E-state index contributed by atoms with van der Waals surface area (Å²) in [6.07, 6.45) is 0.965. The third-order valence-corrected chi connectivity index (χ3v) is 10.5. The van der Waals surface area contributed by atoms with E-state index >= 15 is 0 Å². The predicted octanol–water partition coefficient (Wildman–Crippen LogP) is 3.81. The highest BCUT2D eigenvalue weighted by molar-refractivity contribution is 7.51. The predicted molar refractivity (Wildman–Crippen MR) is 179 cm³/mol. The number of nitrogens with one attached hydrogen (secondary N) is 1. The summed E-state index contributed by atoms with van der Waals surface area (Å²) in [5.74, 6) is -4.03. The van der Waals surface area contributed by atoms with Gasteiger partial charge in [-0.3, -0.25) is 23.7 Å². The zero-order chi connectivity index (χ0) is 35.0. The number of amides is 4. The molecule has 15 heteroatoms. The number of ether oxygens (including phenoxy) is 1. The van der Waals surface area contributed by atoms with Crippen LogP contribution < -0.4 is 5.32 Å². The molecule has 0 bridgehead atoms. The van der Waals surface area contributed by atoms with Crippen LogP contribution in [0.1, 0.15) is 57.0 Å². The van der Waals surface area contributed by atoms with Crippen molar-refractivity contribution in [3.63, 3.8) is 0 Å². The van der Waals surface area contributed by atoms with Gasteiger partial charge in [0.15, 0.2) is 0 Å². The summed E-state index contributed by atoms with van der Waals surface area (Å²) in [7, 11) is -5.05. The molecule has 4 atom stereocenters. The van der Waals surface area contributed by atoms with Crippen LogP contribution in [0.2, 0.25) is 5.02 Å². The van der Waals surface area contributed by atoms with E-state index in [4.69, 9.17) is 16.3 Å². The number of nitrogens with zero attached hydrogens (tertiary/aromatic N) is 3. The maximum Gasteiger partial charge on any atom is 0.363 e. The smallest absolute Gasteiger partial charge is 0.363 e. The number of rotatable bonds is 6. The van der Waals surface area contributed by atoms with Crippen LogP contribution in [0, 0.1) is 6.92 Å². The van der Waals surface area contributed by atoms with E-state index in [1.807, 2.05) is 6.92 Å². The van der Waals surface area contributed by atoms with E-state index in [9.17, 15) is 37.9 Å². The summed E-state index contributed by atoms with van der Waals surface area (Å²) >= 11 is 6.27. The molecule has 3 fully saturated rings. The second-order valence-corrected chi connectivity index (χ2v) is 14.8. The largest absolute Gasteiger partial charge is 0.378 e. The number of carbonyl (C=O) groups is 4. The SMILES string of the molecule is Cc1cc(Cl)cc(C(=O)N2CC[C@H](NC(=O)c3ccc4ccc(C(F)P(=O)(O)O)cc4c3)C(=O)N3[C@H](CC[C@H]3C(=O)N3CCOCC3)C2)c1. The number of halogens is 2. The Morgan fingerprint density at radius 3 is 2.39 bits per heavy atom. The Balaban J connectivity index is 1.29. The lowest BCUT2D eigenvalue weighted by Gasteiger charge is -2.40. The van der Waals surface area contributed by atoms with E-state index in [1.165, 1.54) is 30.3 Å². The maximum absolute atomic E-state index is 14.5. The van der Waals surface area contributed by atoms with Gasteiger partial charge >= 0.3 is 7.60 Å². The third kappa shape index (κ3) is 7.51. The van der Waals surface area contributed by atoms with Crippen LogP contribution in [0.3, 0.4) is 0 Å². The molecular formula is C34H37ClFN4O8P. The van der Waals surface area contributed by atoms with Gasteiger partial charge in [-0.25, -0.2) is 4.39 Å². The molecule has 0 aliphatic carbocycles. The molecule has 0 spiro atoms. The van der Waals surface area contributed by atoms with E-state index in [0.717, 1.165) is 5.56 Å². The molecule has 3 aromatic rings. The summed E-state index contributed by atoms with van der Waals surface area (Å²) in [6, 6.07) is 11.4. The van der Waals surface area contributed by atoms with Crippen LogP contribution >= 0.6 is 19.2 Å². The Kier molecular flexibility index (Phi) is 10.1. The molecule has 1 unspecified atom stereocenters. The van der Waals surface area contributed by atoms with Crippen LogP contribution in [-0.4, -0.2) is 106 Å². The number of hydrogen-bond acceptors (Lipinski definition) is 6. The molecule has 260 valence electrons. The van der Waals surface area contributed by atoms with Gasteiger partial charge in [0.25, 0.3) is 11.8 Å². The number of morpholine rings is 1. The standard InChI is InChI=1S/C34H37ClFN4O8P/c1-20-14-25(18-26(35)15-20)32(42)39-9-8-28(33(43)40-27(19-39)6-7-29(40)34(44)38-10-12-48-13-11-38)37-31(41)23-5-3-21-2-4-22(16-24(21)17-23)30(36)49(45,46)47/h2-5,14-18,27-30H,6-13,19H2,1H3,(H,37,41)(H2,45,46,47)/t27-,28+,29+,30?/m1/s1. The fourth-order valence-corrected chi connectivity index (χ4v) is 7.76. The molecule has 6 rings (SSSR count). The summed E-state index contributed by atoms with van der Waals surface area (Å²) in [6.45, 7) is 3.80. The van der Waals surface area contributed by atoms with Gasteiger partial charge in [0.2, 0.25) is 17.7 Å². The minimum Gasteiger partial charge on any atom is -0.378 e. The zero-order valence-corrected chi connectivity index (χ0v) is 28.4. The molecule has 3 aliphatic rings. The molecule has 3 aromatic carbocycles. The molecule has 3 saturated heterocycles. The van der Waals surface area contributed by atoms with Gasteiger partial charge < -0.3 is 34.5 Å². The van der Waals surface area contributed by atoms with Gasteiger partial charge in [-0.2, -0.15) is 0 Å². The topological polar surface area (TPSA) is 157 Å². The highest BCUT2D eigenvalue weighted by atomic mass is 35.5. The number of hydrogen-bond donors (Lipinski definition) is 3. The van der Waals surface area contributed by atoms with E-state index < -0.39 is 43.4 Å². The van der Waals surface area contributed by atoms with Gasteiger partial charge in [-0.15, -0.1) is 0 Å². The summed E-state index contributed by atoms with van der Waals surface area (Å²) in [5, 5.41) is 4.21. The summed E-state index contributed by atoms with van der Waals surface area (Å²) in [4.78, 5) is 79.0. The lowest BCUT2D eigenvalue weighted by atomic mass is 10.0. The van der Waals surface area contributed by atoms with Gasteiger partial charge in [0, 0.05) is 42.3 Å². The van der Waals surface area contributed by atoms with Crippen molar-refractivity contribution < 1.29 is 42.7 Å². The van der Waals surface area contributed by atoms with Gasteiger partial charge in [0.05, 0.1) is 19.3 Å². The van der Waals surface area contributed by atoms with E-state index in [1.54, 1.807) is 39.0 Å². The van der Waals surface area contributed by atoms with E-state index in [-0.39, 0.29) is 42.5 Å². The van der Waals surface area contributed by atoms with Crippen LogP contribution in [0.25, 0.3) is 10.8 Å². The Morgan fingerprint density at radius 1 is 0.939 bits per heavy atom. The average Bonchev–Trinajstić information content (AvgIpc) is 3.49. The Hall–Kier alpha value is -3.87.